The Kier molecular flexibility index (Phi) is 3.47. The molecule has 4 heteroatoms. The molecule has 0 spiro atoms. The van der Waals surface area contributed by atoms with Crippen LogP contribution in [0.15, 0.2) is 18.2 Å². The molecule has 1 fully saturated rings. The predicted molar refractivity (Wildman–Crippen MR) is 63.9 cm³/mol. The van der Waals surface area contributed by atoms with Crippen LogP contribution in [0.4, 0.5) is 4.39 Å². The van der Waals surface area contributed by atoms with Crippen molar-refractivity contribution in [2.75, 3.05) is 20.1 Å². The summed E-state index contributed by atoms with van der Waals surface area (Å²) in [7, 11) is 2.08. The van der Waals surface area contributed by atoms with Crippen molar-refractivity contribution in [1.82, 2.24) is 4.90 Å². The molecule has 1 aliphatic heterocycles. The smallest absolute Gasteiger partial charge is 0.142 e. The third kappa shape index (κ3) is 2.37. The van der Waals surface area contributed by atoms with E-state index in [4.69, 9.17) is 17.3 Å². The number of likely N-dealkylation sites (tertiary alicyclic amines) is 1. The summed E-state index contributed by atoms with van der Waals surface area (Å²) in [5.41, 5.74) is 6.98. The van der Waals surface area contributed by atoms with Gasteiger partial charge in [-0.3, -0.25) is 0 Å². The quantitative estimate of drug-likeness (QED) is 0.863. The SMILES string of the molecule is CN1CCC(C(N)c2ccc(Cl)c(F)c2)C1. The van der Waals surface area contributed by atoms with Crippen LogP contribution in [-0.4, -0.2) is 25.0 Å². The van der Waals surface area contributed by atoms with Gasteiger partial charge in [-0.15, -0.1) is 0 Å². The van der Waals surface area contributed by atoms with Gasteiger partial charge in [-0.05, 0) is 43.6 Å². The predicted octanol–water partition coefficient (Wildman–Crippen LogP) is 2.43. The molecule has 2 nitrogen and oxygen atoms in total. The monoisotopic (exact) mass is 242 g/mol. The minimum absolute atomic E-state index is 0.100. The lowest BCUT2D eigenvalue weighted by molar-refractivity contribution is 0.372. The summed E-state index contributed by atoms with van der Waals surface area (Å²) in [6, 6.07) is 4.74. The maximum absolute atomic E-state index is 13.3. The molecule has 0 aliphatic carbocycles. The molecule has 0 bridgehead atoms. The molecule has 0 radical (unpaired) electrons. The highest BCUT2D eigenvalue weighted by Gasteiger charge is 2.26. The summed E-state index contributed by atoms with van der Waals surface area (Å²) in [6.45, 7) is 2.04. The van der Waals surface area contributed by atoms with Crippen molar-refractivity contribution in [3.63, 3.8) is 0 Å². The number of rotatable bonds is 2. The molecule has 0 amide bonds. The van der Waals surface area contributed by atoms with E-state index in [0.717, 1.165) is 25.1 Å². The van der Waals surface area contributed by atoms with Crippen molar-refractivity contribution < 1.29 is 4.39 Å². The zero-order valence-electron chi connectivity index (χ0n) is 9.29. The van der Waals surface area contributed by atoms with Gasteiger partial charge in [0.25, 0.3) is 0 Å². The Morgan fingerprint density at radius 2 is 2.31 bits per heavy atom. The van der Waals surface area contributed by atoms with E-state index in [2.05, 4.69) is 11.9 Å². The second-order valence-electron chi connectivity index (χ2n) is 4.51. The van der Waals surface area contributed by atoms with Gasteiger partial charge in [0, 0.05) is 12.6 Å². The Bertz CT molecular complexity index is 383. The number of hydrogen-bond donors (Lipinski definition) is 1. The summed E-state index contributed by atoms with van der Waals surface area (Å²) in [5, 5.41) is 0.152. The number of hydrogen-bond acceptors (Lipinski definition) is 2. The first-order valence-corrected chi connectivity index (χ1v) is 5.85. The molecule has 0 saturated carbocycles. The molecule has 1 aromatic rings. The Morgan fingerprint density at radius 3 is 2.88 bits per heavy atom. The molecular formula is C12H16ClFN2. The third-order valence-corrected chi connectivity index (χ3v) is 3.57. The summed E-state index contributed by atoms with van der Waals surface area (Å²) < 4.78 is 13.3. The van der Waals surface area contributed by atoms with Crippen LogP contribution in [0, 0.1) is 11.7 Å². The fraction of sp³-hybridized carbons (Fsp3) is 0.500. The topological polar surface area (TPSA) is 29.3 Å². The summed E-state index contributed by atoms with van der Waals surface area (Å²) in [4.78, 5) is 2.25. The number of nitrogens with two attached hydrogens (primary N) is 1. The molecule has 2 rings (SSSR count). The minimum atomic E-state index is -0.388. The fourth-order valence-corrected chi connectivity index (χ4v) is 2.37. The Labute approximate surface area is 100 Å². The highest BCUT2D eigenvalue weighted by atomic mass is 35.5. The number of halogens is 2. The molecule has 2 atom stereocenters. The molecule has 16 heavy (non-hydrogen) atoms. The summed E-state index contributed by atoms with van der Waals surface area (Å²) in [6.07, 6.45) is 1.07. The van der Waals surface area contributed by atoms with Crippen molar-refractivity contribution in [3.05, 3.63) is 34.6 Å². The van der Waals surface area contributed by atoms with Crippen LogP contribution in [0.5, 0.6) is 0 Å². The maximum atomic E-state index is 13.3. The van der Waals surface area contributed by atoms with Crippen molar-refractivity contribution in [2.24, 2.45) is 11.7 Å². The second-order valence-corrected chi connectivity index (χ2v) is 4.92. The first-order chi connectivity index (χ1) is 7.58. The molecular weight excluding hydrogens is 227 g/mol. The number of benzene rings is 1. The van der Waals surface area contributed by atoms with E-state index in [-0.39, 0.29) is 16.9 Å². The first kappa shape index (κ1) is 11.8. The van der Waals surface area contributed by atoms with Gasteiger partial charge in [0.2, 0.25) is 0 Å². The van der Waals surface area contributed by atoms with E-state index in [1.807, 2.05) is 6.07 Å². The van der Waals surface area contributed by atoms with Gasteiger partial charge in [0.15, 0.2) is 0 Å². The summed E-state index contributed by atoms with van der Waals surface area (Å²) >= 11 is 5.64. The normalized spacial score (nSPS) is 23.6. The van der Waals surface area contributed by atoms with Crippen molar-refractivity contribution in [2.45, 2.75) is 12.5 Å². The van der Waals surface area contributed by atoms with Crippen LogP contribution in [0.1, 0.15) is 18.0 Å². The van der Waals surface area contributed by atoms with Gasteiger partial charge in [-0.25, -0.2) is 4.39 Å². The molecule has 2 unspecified atom stereocenters. The molecule has 88 valence electrons. The van der Waals surface area contributed by atoms with Gasteiger partial charge in [-0.1, -0.05) is 17.7 Å². The largest absolute Gasteiger partial charge is 0.324 e. The van der Waals surface area contributed by atoms with Gasteiger partial charge in [-0.2, -0.15) is 0 Å². The van der Waals surface area contributed by atoms with Gasteiger partial charge in [0.1, 0.15) is 5.82 Å². The van der Waals surface area contributed by atoms with Gasteiger partial charge in [0.05, 0.1) is 5.02 Å². The van der Waals surface area contributed by atoms with Gasteiger partial charge < -0.3 is 10.6 Å². The number of nitrogens with zero attached hydrogens (tertiary/aromatic N) is 1. The average molecular weight is 243 g/mol. The average Bonchev–Trinajstić information content (AvgIpc) is 2.68. The highest BCUT2D eigenvalue weighted by molar-refractivity contribution is 6.30. The molecule has 1 aliphatic rings. The van der Waals surface area contributed by atoms with Crippen LogP contribution in [-0.2, 0) is 0 Å². The van der Waals surface area contributed by atoms with Crippen LogP contribution in [0.2, 0.25) is 5.02 Å². The summed E-state index contributed by atoms with van der Waals surface area (Å²) in [5.74, 6) is 0.0199. The molecule has 0 aromatic heterocycles. The lowest BCUT2D eigenvalue weighted by Gasteiger charge is -2.19. The zero-order chi connectivity index (χ0) is 11.7. The van der Waals surface area contributed by atoms with Crippen LogP contribution in [0.3, 0.4) is 0 Å². The lowest BCUT2D eigenvalue weighted by Crippen LogP contribution is -2.24. The van der Waals surface area contributed by atoms with Crippen molar-refractivity contribution >= 4 is 11.6 Å². The van der Waals surface area contributed by atoms with Gasteiger partial charge >= 0.3 is 0 Å². The molecule has 2 N–H and O–H groups in total. The van der Waals surface area contributed by atoms with Crippen LogP contribution >= 0.6 is 11.6 Å². The zero-order valence-corrected chi connectivity index (χ0v) is 10.0. The Morgan fingerprint density at radius 1 is 1.56 bits per heavy atom. The van der Waals surface area contributed by atoms with Crippen LogP contribution < -0.4 is 5.73 Å². The standard InChI is InChI=1S/C12H16ClFN2/c1-16-5-4-9(7-16)12(15)8-2-3-10(13)11(14)6-8/h2-3,6,9,12H,4-5,7,15H2,1H3. The maximum Gasteiger partial charge on any atom is 0.142 e. The molecule has 1 aromatic carbocycles. The van der Waals surface area contributed by atoms with E-state index >= 15 is 0 Å². The molecule has 1 heterocycles. The van der Waals surface area contributed by atoms with Crippen LogP contribution in [0.25, 0.3) is 0 Å². The first-order valence-electron chi connectivity index (χ1n) is 5.47. The van der Waals surface area contributed by atoms with E-state index in [1.165, 1.54) is 6.07 Å². The Hall–Kier alpha value is -0.640. The van der Waals surface area contributed by atoms with E-state index in [9.17, 15) is 4.39 Å². The van der Waals surface area contributed by atoms with E-state index in [0.29, 0.717) is 5.92 Å². The minimum Gasteiger partial charge on any atom is -0.324 e. The fourth-order valence-electron chi connectivity index (χ4n) is 2.25. The van der Waals surface area contributed by atoms with E-state index < -0.39 is 0 Å². The third-order valence-electron chi connectivity index (χ3n) is 3.26. The van der Waals surface area contributed by atoms with Crippen molar-refractivity contribution in [3.8, 4) is 0 Å². The van der Waals surface area contributed by atoms with E-state index in [1.54, 1.807) is 6.07 Å². The second kappa shape index (κ2) is 4.70. The molecule has 1 saturated heterocycles. The lowest BCUT2D eigenvalue weighted by atomic mass is 9.93. The van der Waals surface area contributed by atoms with Crippen molar-refractivity contribution in [1.29, 1.82) is 0 Å². The highest BCUT2D eigenvalue weighted by Crippen LogP contribution is 2.29. The Balaban J connectivity index is 2.14.